The molecular weight excluding hydrogens is 451 g/mol. The zero-order chi connectivity index (χ0) is 19.1. The number of thioether (sulfide) groups is 1. The van der Waals surface area contributed by atoms with Crippen molar-refractivity contribution < 1.29 is 23.1 Å². The Kier molecular flexibility index (Phi) is 5.14. The van der Waals surface area contributed by atoms with Crippen LogP contribution >= 0.6 is 39.9 Å². The molecule has 1 heterocycles. The molecule has 0 radical (unpaired) electrons. The van der Waals surface area contributed by atoms with Crippen LogP contribution in [0.1, 0.15) is 11.1 Å². The maximum Gasteiger partial charge on any atom is 0.416 e. The minimum Gasteiger partial charge on any atom is -0.507 e. The number of aromatic hydroxyl groups is 1. The minimum absolute atomic E-state index is 0.0543. The van der Waals surface area contributed by atoms with E-state index in [0.29, 0.717) is 10.0 Å². The van der Waals surface area contributed by atoms with Crippen LogP contribution < -0.4 is 4.90 Å². The van der Waals surface area contributed by atoms with Gasteiger partial charge in [-0.15, -0.1) is 0 Å². The van der Waals surface area contributed by atoms with Gasteiger partial charge in [-0.25, -0.2) is 0 Å². The van der Waals surface area contributed by atoms with Gasteiger partial charge in [0.15, 0.2) is 4.32 Å². The number of hydrogen-bond donors (Lipinski definition) is 1. The lowest BCUT2D eigenvalue weighted by molar-refractivity contribution is -0.137. The monoisotopic (exact) mass is 459 g/mol. The maximum absolute atomic E-state index is 12.9. The van der Waals surface area contributed by atoms with E-state index < -0.39 is 17.6 Å². The van der Waals surface area contributed by atoms with Crippen LogP contribution in [-0.4, -0.2) is 15.3 Å². The Morgan fingerprint density at radius 2 is 1.92 bits per heavy atom. The summed E-state index contributed by atoms with van der Waals surface area (Å²) in [6, 6.07) is 9.15. The molecule has 1 fully saturated rings. The van der Waals surface area contributed by atoms with E-state index in [-0.39, 0.29) is 20.7 Å². The third-order valence-corrected chi connectivity index (χ3v) is 5.43. The fraction of sp³-hybridized carbons (Fsp3) is 0.0588. The number of amides is 1. The first-order chi connectivity index (χ1) is 12.2. The predicted octanol–water partition coefficient (Wildman–Crippen LogP) is 5.58. The number of nitrogens with zero attached hydrogens (tertiary/aromatic N) is 1. The van der Waals surface area contributed by atoms with Gasteiger partial charge in [0, 0.05) is 0 Å². The first-order valence-corrected chi connectivity index (χ1v) is 9.12. The van der Waals surface area contributed by atoms with Crippen molar-refractivity contribution in [3.05, 3.63) is 63.0 Å². The van der Waals surface area contributed by atoms with Crippen LogP contribution in [0.2, 0.25) is 0 Å². The fourth-order valence-electron chi connectivity index (χ4n) is 2.28. The number of anilines is 1. The molecule has 134 valence electrons. The lowest BCUT2D eigenvalue weighted by atomic mass is 10.1. The van der Waals surface area contributed by atoms with E-state index >= 15 is 0 Å². The van der Waals surface area contributed by atoms with Crippen LogP contribution in [0.25, 0.3) is 6.08 Å². The molecule has 2 aromatic carbocycles. The number of carbonyl (C=O) groups excluding carboxylic acids is 1. The van der Waals surface area contributed by atoms with Crippen molar-refractivity contribution in [3.8, 4) is 5.75 Å². The summed E-state index contributed by atoms with van der Waals surface area (Å²) in [5, 5.41) is 9.52. The standard InChI is InChI=1S/C17H9BrF3NO2S2/c18-12-6-9(4-5-13(12)23)7-14-15(24)22(16(25)26-14)11-3-1-2-10(8-11)17(19,20)21/h1-8,23H/b14-7+. The summed E-state index contributed by atoms with van der Waals surface area (Å²) in [4.78, 5) is 14.0. The molecule has 26 heavy (non-hydrogen) atoms. The van der Waals surface area contributed by atoms with Crippen molar-refractivity contribution in [1.29, 1.82) is 0 Å². The molecule has 0 unspecified atom stereocenters. The Labute approximate surface area is 164 Å². The summed E-state index contributed by atoms with van der Waals surface area (Å²) in [6.45, 7) is 0. The highest BCUT2D eigenvalue weighted by Crippen LogP contribution is 2.38. The number of phenolic OH excluding ortho intramolecular Hbond substituents is 1. The van der Waals surface area contributed by atoms with Crippen molar-refractivity contribution in [1.82, 2.24) is 0 Å². The van der Waals surface area contributed by atoms with Crippen molar-refractivity contribution in [2.45, 2.75) is 6.18 Å². The van der Waals surface area contributed by atoms with Crippen LogP contribution in [-0.2, 0) is 11.0 Å². The quantitative estimate of drug-likeness (QED) is 0.470. The van der Waals surface area contributed by atoms with E-state index in [1.54, 1.807) is 18.2 Å². The van der Waals surface area contributed by atoms with Gasteiger partial charge in [-0.3, -0.25) is 9.69 Å². The number of benzene rings is 2. The van der Waals surface area contributed by atoms with Crippen LogP contribution in [0.3, 0.4) is 0 Å². The molecule has 0 aliphatic carbocycles. The number of rotatable bonds is 2. The van der Waals surface area contributed by atoms with Crippen molar-refractivity contribution in [2.75, 3.05) is 4.90 Å². The van der Waals surface area contributed by atoms with Gasteiger partial charge in [0.05, 0.1) is 20.6 Å². The van der Waals surface area contributed by atoms with Gasteiger partial charge in [-0.05, 0) is 57.9 Å². The van der Waals surface area contributed by atoms with Crippen LogP contribution in [0.15, 0.2) is 51.8 Å². The first kappa shape index (κ1) is 18.9. The zero-order valence-corrected chi connectivity index (χ0v) is 16.0. The summed E-state index contributed by atoms with van der Waals surface area (Å²) in [7, 11) is 0. The minimum atomic E-state index is -4.51. The summed E-state index contributed by atoms with van der Waals surface area (Å²) < 4.78 is 39.3. The number of phenols is 1. The Morgan fingerprint density at radius 3 is 2.58 bits per heavy atom. The molecule has 0 saturated carbocycles. The Balaban J connectivity index is 1.94. The molecule has 0 bridgehead atoms. The molecule has 1 aliphatic rings. The van der Waals surface area contributed by atoms with E-state index in [1.807, 2.05) is 0 Å². The number of thiocarbonyl (C=S) groups is 1. The highest BCUT2D eigenvalue weighted by Gasteiger charge is 2.36. The molecular formula is C17H9BrF3NO2S2. The second-order valence-corrected chi connectivity index (χ2v) is 7.81. The number of hydrogen-bond acceptors (Lipinski definition) is 4. The molecule has 0 atom stereocenters. The summed E-state index contributed by atoms with van der Waals surface area (Å²) in [5.41, 5.74) is -0.146. The Hall–Kier alpha value is -1.84. The fourth-order valence-corrected chi connectivity index (χ4v) is 3.97. The molecule has 1 amide bonds. The summed E-state index contributed by atoms with van der Waals surface area (Å²) >= 11 is 9.36. The Morgan fingerprint density at radius 1 is 1.19 bits per heavy atom. The SMILES string of the molecule is O=C1/C(=C\c2ccc(O)c(Br)c2)SC(=S)N1c1cccc(C(F)(F)F)c1. The van der Waals surface area contributed by atoms with Gasteiger partial charge in [0.2, 0.25) is 0 Å². The van der Waals surface area contributed by atoms with Gasteiger partial charge in [0.25, 0.3) is 5.91 Å². The molecule has 1 aliphatic heterocycles. The molecule has 0 spiro atoms. The summed E-state index contributed by atoms with van der Waals surface area (Å²) in [5.74, 6) is -0.442. The highest BCUT2D eigenvalue weighted by atomic mass is 79.9. The third kappa shape index (κ3) is 3.79. The maximum atomic E-state index is 12.9. The molecule has 2 aromatic rings. The van der Waals surface area contributed by atoms with Gasteiger partial charge in [-0.1, -0.05) is 36.1 Å². The molecule has 3 rings (SSSR count). The van der Waals surface area contributed by atoms with Gasteiger partial charge in [-0.2, -0.15) is 13.2 Å². The summed E-state index contributed by atoms with van der Waals surface area (Å²) in [6.07, 6.45) is -2.94. The number of halogens is 4. The Bertz CT molecular complexity index is 944. The van der Waals surface area contributed by atoms with E-state index in [4.69, 9.17) is 12.2 Å². The highest BCUT2D eigenvalue weighted by molar-refractivity contribution is 9.10. The molecule has 1 saturated heterocycles. The number of carbonyl (C=O) groups is 1. The van der Waals surface area contributed by atoms with Crippen LogP contribution in [0.4, 0.5) is 18.9 Å². The van der Waals surface area contributed by atoms with Crippen LogP contribution in [0.5, 0.6) is 5.75 Å². The van der Waals surface area contributed by atoms with Gasteiger partial charge in [0.1, 0.15) is 5.75 Å². The topological polar surface area (TPSA) is 40.5 Å². The smallest absolute Gasteiger partial charge is 0.416 e. The predicted molar refractivity (Wildman–Crippen MR) is 103 cm³/mol. The third-order valence-electron chi connectivity index (χ3n) is 3.49. The second kappa shape index (κ2) is 7.05. The molecule has 1 N–H and O–H groups in total. The largest absolute Gasteiger partial charge is 0.507 e. The van der Waals surface area contributed by atoms with E-state index in [0.717, 1.165) is 28.8 Å². The van der Waals surface area contributed by atoms with Crippen molar-refractivity contribution in [2.24, 2.45) is 0 Å². The second-order valence-electron chi connectivity index (χ2n) is 5.28. The average molecular weight is 460 g/mol. The van der Waals surface area contributed by atoms with Gasteiger partial charge < -0.3 is 5.11 Å². The number of alkyl halides is 3. The molecule has 9 heteroatoms. The lowest BCUT2D eigenvalue weighted by Gasteiger charge is -2.16. The normalized spacial score (nSPS) is 16.6. The average Bonchev–Trinajstić information content (AvgIpc) is 2.84. The zero-order valence-electron chi connectivity index (χ0n) is 12.7. The molecule has 3 nitrogen and oxygen atoms in total. The lowest BCUT2D eigenvalue weighted by Crippen LogP contribution is -2.27. The first-order valence-electron chi connectivity index (χ1n) is 7.10. The molecule has 0 aromatic heterocycles. The van der Waals surface area contributed by atoms with Crippen LogP contribution in [0, 0.1) is 0 Å². The van der Waals surface area contributed by atoms with E-state index in [1.165, 1.54) is 18.2 Å². The van der Waals surface area contributed by atoms with E-state index in [2.05, 4.69) is 15.9 Å². The van der Waals surface area contributed by atoms with Gasteiger partial charge >= 0.3 is 6.18 Å². The van der Waals surface area contributed by atoms with Crippen molar-refractivity contribution in [3.63, 3.8) is 0 Å². The van der Waals surface area contributed by atoms with E-state index in [9.17, 15) is 23.1 Å². The van der Waals surface area contributed by atoms with Crippen molar-refractivity contribution >= 4 is 61.9 Å².